The lowest BCUT2D eigenvalue weighted by molar-refractivity contribution is -0.143. The minimum absolute atomic E-state index is 0.296. The summed E-state index contributed by atoms with van der Waals surface area (Å²) >= 11 is 6.55. The third kappa shape index (κ3) is 6.53. The Bertz CT molecular complexity index is 836. The van der Waals surface area contributed by atoms with Crippen molar-refractivity contribution in [2.75, 3.05) is 13.2 Å². The van der Waals surface area contributed by atoms with Gasteiger partial charge in [0.1, 0.15) is 0 Å². The van der Waals surface area contributed by atoms with E-state index in [1.807, 2.05) is 27.7 Å². The van der Waals surface area contributed by atoms with Gasteiger partial charge in [-0.2, -0.15) is 0 Å². The number of hydrogen-bond acceptors (Lipinski definition) is 5. The first kappa shape index (κ1) is 24.9. The van der Waals surface area contributed by atoms with Gasteiger partial charge in [-0.3, -0.25) is 0 Å². The molecule has 1 aliphatic rings. The summed E-state index contributed by atoms with van der Waals surface area (Å²) in [6, 6.07) is 2.34. The molecule has 1 aliphatic heterocycles. The van der Waals surface area contributed by atoms with Gasteiger partial charge in [-0.1, -0.05) is 38.8 Å². The lowest BCUT2D eigenvalue weighted by Gasteiger charge is -2.30. The molecule has 0 aliphatic carbocycles. The van der Waals surface area contributed by atoms with E-state index in [0.29, 0.717) is 58.9 Å². The van der Waals surface area contributed by atoms with Crippen LogP contribution in [0.2, 0.25) is 5.02 Å². The van der Waals surface area contributed by atoms with Crippen molar-refractivity contribution < 1.29 is 23.8 Å². The Morgan fingerprint density at radius 1 is 1.16 bits per heavy atom. The fourth-order valence-corrected chi connectivity index (χ4v) is 3.52. The maximum Gasteiger partial charge on any atom is 0.338 e. The molecule has 2 amide bonds. The van der Waals surface area contributed by atoms with Crippen LogP contribution in [0, 0.1) is 5.92 Å². The minimum Gasteiger partial charge on any atom is -0.490 e. The Morgan fingerprint density at radius 2 is 1.87 bits per heavy atom. The van der Waals surface area contributed by atoms with E-state index >= 15 is 0 Å². The predicted molar refractivity (Wildman–Crippen MR) is 121 cm³/mol. The first-order chi connectivity index (χ1) is 14.7. The third-order valence-corrected chi connectivity index (χ3v) is 4.72. The molecule has 2 rings (SSSR count). The van der Waals surface area contributed by atoms with Crippen molar-refractivity contribution in [3.8, 4) is 11.5 Å². The number of carbonyl (C=O) groups excluding carboxylic acids is 2. The van der Waals surface area contributed by atoms with Crippen LogP contribution in [-0.2, 0) is 9.53 Å². The number of benzene rings is 1. The average molecular weight is 453 g/mol. The summed E-state index contributed by atoms with van der Waals surface area (Å²) < 4.78 is 17.1. The van der Waals surface area contributed by atoms with Gasteiger partial charge in [-0.25, -0.2) is 9.59 Å². The number of allylic oxidation sites excluding steroid dienone is 1. The van der Waals surface area contributed by atoms with E-state index in [-0.39, 0.29) is 12.1 Å². The van der Waals surface area contributed by atoms with Gasteiger partial charge in [0.25, 0.3) is 0 Å². The molecule has 0 saturated heterocycles. The lowest BCUT2D eigenvalue weighted by atomic mass is 9.93. The molecule has 7 nitrogen and oxygen atoms in total. The highest BCUT2D eigenvalue weighted by molar-refractivity contribution is 6.32. The summed E-state index contributed by atoms with van der Waals surface area (Å²) in [6.45, 7) is 12.4. The van der Waals surface area contributed by atoms with Crippen molar-refractivity contribution in [3.63, 3.8) is 0 Å². The quantitative estimate of drug-likeness (QED) is 0.480. The van der Waals surface area contributed by atoms with Crippen LogP contribution in [0.1, 0.15) is 66.0 Å². The van der Waals surface area contributed by atoms with Crippen molar-refractivity contribution in [1.29, 1.82) is 0 Å². The highest BCUT2D eigenvalue weighted by Crippen LogP contribution is 2.41. The first-order valence-corrected chi connectivity index (χ1v) is 11.2. The van der Waals surface area contributed by atoms with Gasteiger partial charge in [0.05, 0.1) is 36.0 Å². The molecule has 0 aromatic heterocycles. The Hall–Kier alpha value is -2.41. The molecule has 1 aromatic rings. The number of urea groups is 1. The molecule has 0 bridgehead atoms. The van der Waals surface area contributed by atoms with E-state index in [1.54, 1.807) is 26.0 Å². The fraction of sp³-hybridized carbons (Fsp3) is 0.565. The number of halogens is 1. The second-order valence-corrected chi connectivity index (χ2v) is 8.50. The van der Waals surface area contributed by atoms with Crippen LogP contribution < -0.4 is 20.1 Å². The van der Waals surface area contributed by atoms with E-state index in [1.165, 1.54) is 0 Å². The largest absolute Gasteiger partial charge is 0.490 e. The number of amides is 2. The summed E-state index contributed by atoms with van der Waals surface area (Å²) in [5, 5.41) is 5.94. The minimum atomic E-state index is -0.725. The van der Waals surface area contributed by atoms with Crippen molar-refractivity contribution in [3.05, 3.63) is 34.0 Å². The van der Waals surface area contributed by atoms with Crippen molar-refractivity contribution in [2.24, 2.45) is 5.92 Å². The molecule has 0 radical (unpaired) electrons. The zero-order valence-corrected chi connectivity index (χ0v) is 19.9. The Morgan fingerprint density at radius 3 is 2.45 bits per heavy atom. The van der Waals surface area contributed by atoms with Crippen LogP contribution in [0.4, 0.5) is 4.79 Å². The molecule has 172 valence electrons. The summed E-state index contributed by atoms with van der Waals surface area (Å²) in [6.07, 6.45) is 0.998. The summed E-state index contributed by atoms with van der Waals surface area (Å²) in [4.78, 5) is 25.3. The normalized spacial score (nSPS) is 16.3. The fourth-order valence-electron chi connectivity index (χ4n) is 3.24. The number of nitrogens with one attached hydrogen (secondary N) is 2. The van der Waals surface area contributed by atoms with Crippen LogP contribution in [0.5, 0.6) is 11.5 Å². The van der Waals surface area contributed by atoms with Crippen molar-refractivity contribution in [2.45, 2.75) is 66.5 Å². The summed E-state index contributed by atoms with van der Waals surface area (Å²) in [7, 11) is 0. The Labute approximate surface area is 189 Å². The summed E-state index contributed by atoms with van der Waals surface area (Å²) in [5.74, 6) is 0.744. The molecule has 1 unspecified atom stereocenters. The standard InChI is InChI=1S/C23H33ClN2O5/c1-7-9-17-19(22(27)31-14(5)6)20(26-23(28)25-17)15-10-16(24)21(30-12-13(3)4)18(11-15)29-8-2/h10-11,13-14,20H,7-9,12H2,1-6H3,(H2,25,26,28). The van der Waals surface area contributed by atoms with Crippen LogP contribution >= 0.6 is 11.6 Å². The lowest BCUT2D eigenvalue weighted by Crippen LogP contribution is -2.46. The summed E-state index contributed by atoms with van der Waals surface area (Å²) in [5.41, 5.74) is 1.53. The van der Waals surface area contributed by atoms with Gasteiger partial charge in [0, 0.05) is 5.70 Å². The molecule has 1 heterocycles. The predicted octanol–water partition coefficient (Wildman–Crippen LogP) is 5.13. The molecule has 1 aromatic carbocycles. The SMILES string of the molecule is CCCC1=C(C(=O)OC(C)C)C(c2cc(Cl)c(OCC(C)C)c(OCC)c2)NC(=O)N1. The second-order valence-electron chi connectivity index (χ2n) is 8.10. The topological polar surface area (TPSA) is 85.9 Å². The van der Waals surface area contributed by atoms with Crippen LogP contribution in [0.3, 0.4) is 0 Å². The highest BCUT2D eigenvalue weighted by atomic mass is 35.5. The number of ether oxygens (including phenoxy) is 3. The Balaban J connectivity index is 2.57. The van der Waals surface area contributed by atoms with E-state index < -0.39 is 12.0 Å². The average Bonchev–Trinajstić information content (AvgIpc) is 2.66. The van der Waals surface area contributed by atoms with Gasteiger partial charge < -0.3 is 24.8 Å². The number of esters is 1. The van der Waals surface area contributed by atoms with Crippen LogP contribution in [-0.4, -0.2) is 31.3 Å². The maximum atomic E-state index is 13.0. The first-order valence-electron chi connectivity index (χ1n) is 10.8. The van der Waals surface area contributed by atoms with E-state index in [9.17, 15) is 9.59 Å². The highest BCUT2D eigenvalue weighted by Gasteiger charge is 2.34. The zero-order valence-electron chi connectivity index (χ0n) is 19.1. The van der Waals surface area contributed by atoms with Crippen LogP contribution in [0.15, 0.2) is 23.4 Å². The van der Waals surface area contributed by atoms with Gasteiger partial charge in [-0.15, -0.1) is 0 Å². The smallest absolute Gasteiger partial charge is 0.338 e. The molecular weight excluding hydrogens is 420 g/mol. The molecule has 2 N–H and O–H groups in total. The van der Waals surface area contributed by atoms with Gasteiger partial charge >= 0.3 is 12.0 Å². The molecule has 0 saturated carbocycles. The number of rotatable bonds is 10. The zero-order chi connectivity index (χ0) is 23.1. The molecule has 31 heavy (non-hydrogen) atoms. The van der Waals surface area contributed by atoms with Gasteiger partial charge in [0.2, 0.25) is 0 Å². The second kappa shape index (κ2) is 11.3. The van der Waals surface area contributed by atoms with E-state index in [0.717, 1.165) is 6.42 Å². The van der Waals surface area contributed by atoms with E-state index in [2.05, 4.69) is 10.6 Å². The maximum absolute atomic E-state index is 13.0. The van der Waals surface area contributed by atoms with Crippen molar-refractivity contribution >= 4 is 23.6 Å². The molecule has 0 spiro atoms. The number of carbonyl (C=O) groups is 2. The van der Waals surface area contributed by atoms with Crippen LogP contribution in [0.25, 0.3) is 0 Å². The molecule has 0 fully saturated rings. The molecule has 1 atom stereocenters. The number of hydrogen-bond donors (Lipinski definition) is 2. The molecule has 8 heteroatoms. The van der Waals surface area contributed by atoms with Gasteiger partial charge in [0.15, 0.2) is 11.5 Å². The van der Waals surface area contributed by atoms with Crippen molar-refractivity contribution in [1.82, 2.24) is 10.6 Å². The van der Waals surface area contributed by atoms with E-state index in [4.69, 9.17) is 25.8 Å². The van der Waals surface area contributed by atoms with Gasteiger partial charge in [-0.05, 0) is 50.8 Å². The third-order valence-electron chi connectivity index (χ3n) is 4.44. The Kier molecular flexibility index (Phi) is 9.04. The molecular formula is C23H33ClN2O5. The monoisotopic (exact) mass is 452 g/mol.